The SMILES string of the molecule is C=CC(C)c1cccc(C(C)(C)C)c1F. The van der Waals surface area contributed by atoms with Crippen molar-refractivity contribution in [3.63, 3.8) is 0 Å². The van der Waals surface area contributed by atoms with Gasteiger partial charge < -0.3 is 0 Å². The smallest absolute Gasteiger partial charge is 0.130 e. The second kappa shape index (κ2) is 4.18. The highest BCUT2D eigenvalue weighted by atomic mass is 19.1. The summed E-state index contributed by atoms with van der Waals surface area (Å²) in [6.45, 7) is 11.7. The van der Waals surface area contributed by atoms with Crippen LogP contribution < -0.4 is 0 Å². The van der Waals surface area contributed by atoms with Crippen molar-refractivity contribution in [1.29, 1.82) is 0 Å². The van der Waals surface area contributed by atoms with Gasteiger partial charge in [0.05, 0.1) is 0 Å². The van der Waals surface area contributed by atoms with E-state index < -0.39 is 0 Å². The van der Waals surface area contributed by atoms with Crippen LogP contribution in [-0.2, 0) is 5.41 Å². The molecule has 0 aliphatic rings. The van der Waals surface area contributed by atoms with Crippen LogP contribution in [0.25, 0.3) is 0 Å². The van der Waals surface area contributed by atoms with Crippen LogP contribution in [-0.4, -0.2) is 0 Å². The molecule has 0 nitrogen and oxygen atoms in total. The number of hydrogen-bond acceptors (Lipinski definition) is 0. The van der Waals surface area contributed by atoms with Gasteiger partial charge in [-0.15, -0.1) is 6.58 Å². The van der Waals surface area contributed by atoms with Crippen LogP contribution in [0.4, 0.5) is 4.39 Å². The number of rotatable bonds is 2. The third-order valence-corrected chi connectivity index (χ3v) is 2.68. The van der Waals surface area contributed by atoms with Gasteiger partial charge >= 0.3 is 0 Å². The van der Waals surface area contributed by atoms with Crippen molar-refractivity contribution in [2.45, 2.75) is 39.0 Å². The van der Waals surface area contributed by atoms with Gasteiger partial charge in [0.15, 0.2) is 0 Å². The summed E-state index contributed by atoms with van der Waals surface area (Å²) in [5.74, 6) is -0.0234. The lowest BCUT2D eigenvalue weighted by Crippen LogP contribution is -2.15. The van der Waals surface area contributed by atoms with E-state index in [0.717, 1.165) is 11.1 Å². The lowest BCUT2D eigenvalue weighted by molar-refractivity contribution is 0.513. The molecule has 0 aliphatic heterocycles. The predicted octanol–water partition coefficient (Wildman–Crippen LogP) is 4.41. The maximum Gasteiger partial charge on any atom is 0.130 e. The molecule has 0 aliphatic carbocycles. The molecule has 0 fully saturated rings. The van der Waals surface area contributed by atoms with E-state index in [1.165, 1.54) is 0 Å². The van der Waals surface area contributed by atoms with E-state index in [2.05, 4.69) is 6.58 Å². The summed E-state index contributed by atoms with van der Waals surface area (Å²) in [4.78, 5) is 0. The van der Waals surface area contributed by atoms with E-state index in [9.17, 15) is 4.39 Å². The first-order valence-corrected chi connectivity index (χ1v) is 5.29. The van der Waals surface area contributed by atoms with Gasteiger partial charge in [-0.1, -0.05) is 52.0 Å². The molecule has 0 bridgehead atoms. The van der Waals surface area contributed by atoms with Crippen molar-refractivity contribution in [3.8, 4) is 0 Å². The van der Waals surface area contributed by atoms with E-state index in [0.29, 0.717) is 0 Å². The molecule has 0 saturated heterocycles. The molecule has 0 saturated carbocycles. The molecule has 0 radical (unpaired) electrons. The first-order chi connectivity index (χ1) is 6.88. The third-order valence-electron chi connectivity index (χ3n) is 2.68. The van der Waals surface area contributed by atoms with Crippen molar-refractivity contribution < 1.29 is 4.39 Å². The van der Waals surface area contributed by atoms with Crippen LogP contribution in [0, 0.1) is 5.82 Å². The maximum atomic E-state index is 14.2. The fourth-order valence-electron chi connectivity index (χ4n) is 1.61. The second-order valence-corrected chi connectivity index (χ2v) is 4.98. The van der Waals surface area contributed by atoms with Crippen molar-refractivity contribution in [1.82, 2.24) is 0 Å². The van der Waals surface area contributed by atoms with Crippen molar-refractivity contribution in [2.75, 3.05) is 0 Å². The van der Waals surface area contributed by atoms with Crippen LogP contribution >= 0.6 is 0 Å². The topological polar surface area (TPSA) is 0 Å². The molecule has 15 heavy (non-hydrogen) atoms. The lowest BCUT2D eigenvalue weighted by atomic mass is 9.84. The molecule has 0 amide bonds. The van der Waals surface area contributed by atoms with Gasteiger partial charge in [0.25, 0.3) is 0 Å². The van der Waals surface area contributed by atoms with Crippen molar-refractivity contribution in [3.05, 3.63) is 47.8 Å². The van der Waals surface area contributed by atoms with Crippen LogP contribution in [0.5, 0.6) is 0 Å². The molecule has 1 aromatic rings. The van der Waals surface area contributed by atoms with Crippen LogP contribution in [0.15, 0.2) is 30.9 Å². The summed E-state index contributed by atoms with van der Waals surface area (Å²) >= 11 is 0. The highest BCUT2D eigenvalue weighted by Crippen LogP contribution is 2.29. The summed E-state index contributed by atoms with van der Waals surface area (Å²) in [5, 5.41) is 0. The van der Waals surface area contributed by atoms with Crippen LogP contribution in [0.1, 0.15) is 44.7 Å². The van der Waals surface area contributed by atoms with Crippen LogP contribution in [0.3, 0.4) is 0 Å². The highest BCUT2D eigenvalue weighted by Gasteiger charge is 2.21. The molecule has 1 heteroatoms. The maximum absolute atomic E-state index is 14.2. The Morgan fingerprint density at radius 2 is 1.93 bits per heavy atom. The van der Waals surface area contributed by atoms with E-state index >= 15 is 0 Å². The molecule has 1 unspecified atom stereocenters. The number of halogens is 1. The molecular formula is C14H19F. The Labute approximate surface area is 91.8 Å². The van der Waals surface area contributed by atoms with Gasteiger partial charge in [-0.3, -0.25) is 0 Å². The van der Waals surface area contributed by atoms with E-state index in [1.807, 2.05) is 45.9 Å². The standard InChI is InChI=1S/C14H19F/c1-6-10(2)11-8-7-9-12(13(11)15)14(3,4)5/h6-10H,1H2,2-5H3. The molecule has 1 aromatic carbocycles. The Morgan fingerprint density at radius 3 is 2.40 bits per heavy atom. The zero-order valence-electron chi connectivity index (χ0n) is 9.97. The number of hydrogen-bond donors (Lipinski definition) is 0. The molecule has 0 spiro atoms. The Morgan fingerprint density at radius 1 is 1.33 bits per heavy atom. The van der Waals surface area contributed by atoms with E-state index in [1.54, 1.807) is 6.08 Å². The Kier molecular flexibility index (Phi) is 3.33. The first kappa shape index (κ1) is 12.0. The predicted molar refractivity (Wildman–Crippen MR) is 63.7 cm³/mol. The molecule has 0 heterocycles. The first-order valence-electron chi connectivity index (χ1n) is 5.29. The fraction of sp³-hybridized carbons (Fsp3) is 0.429. The molecule has 82 valence electrons. The van der Waals surface area contributed by atoms with Gasteiger partial charge in [0.1, 0.15) is 5.82 Å². The minimum absolute atomic E-state index is 0.0623. The monoisotopic (exact) mass is 206 g/mol. The van der Waals surface area contributed by atoms with Gasteiger partial charge in [-0.2, -0.15) is 0 Å². The molecular weight excluding hydrogens is 187 g/mol. The number of allylic oxidation sites excluding steroid dienone is 1. The Balaban J connectivity index is 3.29. The van der Waals surface area contributed by atoms with Crippen molar-refractivity contribution in [2.24, 2.45) is 0 Å². The fourth-order valence-corrected chi connectivity index (χ4v) is 1.61. The average molecular weight is 206 g/mol. The second-order valence-electron chi connectivity index (χ2n) is 4.98. The quantitative estimate of drug-likeness (QED) is 0.629. The van der Waals surface area contributed by atoms with Crippen LogP contribution in [0.2, 0.25) is 0 Å². The number of benzene rings is 1. The van der Waals surface area contributed by atoms with E-state index in [4.69, 9.17) is 0 Å². The zero-order valence-corrected chi connectivity index (χ0v) is 9.97. The lowest BCUT2D eigenvalue weighted by Gasteiger charge is -2.22. The summed E-state index contributed by atoms with van der Waals surface area (Å²) in [6.07, 6.45) is 1.77. The zero-order chi connectivity index (χ0) is 11.6. The Hall–Kier alpha value is -1.11. The van der Waals surface area contributed by atoms with Crippen molar-refractivity contribution >= 4 is 0 Å². The summed E-state index contributed by atoms with van der Waals surface area (Å²) < 4.78 is 14.2. The Bertz CT molecular complexity index is 358. The third kappa shape index (κ3) is 2.47. The normalized spacial score (nSPS) is 13.7. The molecule has 1 atom stereocenters. The summed E-state index contributed by atoms with van der Waals surface area (Å²) in [6, 6.07) is 5.60. The van der Waals surface area contributed by atoms with Gasteiger partial charge in [-0.25, -0.2) is 4.39 Å². The van der Waals surface area contributed by atoms with E-state index in [-0.39, 0.29) is 17.2 Å². The van der Waals surface area contributed by atoms with Gasteiger partial charge in [-0.05, 0) is 16.5 Å². The molecule has 0 N–H and O–H groups in total. The molecule has 0 aromatic heterocycles. The average Bonchev–Trinajstić information content (AvgIpc) is 2.15. The minimum Gasteiger partial charge on any atom is -0.206 e. The van der Waals surface area contributed by atoms with Gasteiger partial charge in [0, 0.05) is 5.92 Å². The van der Waals surface area contributed by atoms with Gasteiger partial charge in [0.2, 0.25) is 0 Å². The highest BCUT2D eigenvalue weighted by molar-refractivity contribution is 5.34. The summed E-state index contributed by atoms with van der Waals surface area (Å²) in [5.41, 5.74) is 1.35. The summed E-state index contributed by atoms with van der Waals surface area (Å²) in [7, 11) is 0. The minimum atomic E-state index is -0.152. The molecule has 1 rings (SSSR count). The largest absolute Gasteiger partial charge is 0.206 e.